The van der Waals surface area contributed by atoms with E-state index in [1.165, 1.54) is 0 Å². The molecule has 0 heterocycles. The molecule has 0 radical (unpaired) electrons. The summed E-state index contributed by atoms with van der Waals surface area (Å²) in [6, 6.07) is 0.369. The Morgan fingerprint density at radius 1 is 1.47 bits per heavy atom. The molecule has 0 bridgehead atoms. The number of halogens is 1. The first-order chi connectivity index (χ1) is 7.13. The van der Waals surface area contributed by atoms with Gasteiger partial charge in [-0.3, -0.25) is 4.79 Å². The van der Waals surface area contributed by atoms with Crippen LogP contribution in [-0.4, -0.2) is 41.2 Å². The average Bonchev–Trinajstić information content (AvgIpc) is 2.24. The van der Waals surface area contributed by atoms with Gasteiger partial charge < -0.3 is 4.90 Å². The van der Waals surface area contributed by atoms with Gasteiger partial charge in [-0.15, -0.1) is 0 Å². The van der Waals surface area contributed by atoms with E-state index in [4.69, 9.17) is 0 Å². The summed E-state index contributed by atoms with van der Waals surface area (Å²) in [5.74, 6) is 1.41. The molecule has 0 N–H and O–H groups in total. The fourth-order valence-corrected chi connectivity index (χ4v) is 2.25. The van der Waals surface area contributed by atoms with Crippen molar-refractivity contribution in [2.45, 2.75) is 38.6 Å². The Balaban J connectivity index is 3.75. The van der Waals surface area contributed by atoms with Gasteiger partial charge in [0.25, 0.3) is 0 Å². The highest BCUT2D eigenvalue weighted by molar-refractivity contribution is 9.09. The lowest BCUT2D eigenvalue weighted by Gasteiger charge is -2.24. The number of thioether (sulfide) groups is 1. The van der Waals surface area contributed by atoms with E-state index < -0.39 is 0 Å². The van der Waals surface area contributed by atoms with E-state index in [0.717, 1.165) is 30.3 Å². The molecule has 0 aromatic heterocycles. The lowest BCUT2D eigenvalue weighted by atomic mass is 10.2. The Hall–Kier alpha value is 0.300. The van der Waals surface area contributed by atoms with E-state index in [1.54, 1.807) is 0 Å². The van der Waals surface area contributed by atoms with Crippen molar-refractivity contribution in [2.75, 3.05) is 24.4 Å². The minimum absolute atomic E-state index is 0.282. The Morgan fingerprint density at radius 3 is 2.67 bits per heavy atom. The van der Waals surface area contributed by atoms with Gasteiger partial charge in [0.1, 0.15) is 0 Å². The summed E-state index contributed by atoms with van der Waals surface area (Å²) >= 11 is 5.21. The second-order valence-corrected chi connectivity index (χ2v) is 5.56. The van der Waals surface area contributed by atoms with Crippen molar-refractivity contribution in [3.05, 3.63) is 0 Å². The molecule has 0 aliphatic carbocycles. The number of rotatable bonds is 8. The Morgan fingerprint density at radius 2 is 2.13 bits per heavy atom. The summed E-state index contributed by atoms with van der Waals surface area (Å²) < 4.78 is 0. The minimum atomic E-state index is 0.282. The van der Waals surface area contributed by atoms with E-state index in [-0.39, 0.29) is 5.91 Å². The van der Waals surface area contributed by atoms with Crippen LogP contribution in [0.25, 0.3) is 0 Å². The van der Waals surface area contributed by atoms with E-state index in [9.17, 15) is 4.79 Å². The number of unbranched alkanes of at least 4 members (excludes halogenated alkanes) is 1. The van der Waals surface area contributed by atoms with Crippen molar-refractivity contribution in [1.82, 2.24) is 4.90 Å². The minimum Gasteiger partial charge on any atom is -0.343 e. The Labute approximate surface area is 106 Å². The highest BCUT2D eigenvalue weighted by Gasteiger charge is 2.14. The van der Waals surface area contributed by atoms with E-state index in [1.807, 2.05) is 23.7 Å². The van der Waals surface area contributed by atoms with Crippen LogP contribution < -0.4 is 0 Å². The lowest BCUT2D eigenvalue weighted by molar-refractivity contribution is -0.131. The highest BCUT2D eigenvalue weighted by Crippen LogP contribution is 2.09. The zero-order valence-electron chi connectivity index (χ0n) is 9.96. The van der Waals surface area contributed by atoms with E-state index >= 15 is 0 Å². The number of nitrogens with zero attached hydrogens (tertiary/aromatic N) is 1. The summed E-state index contributed by atoms with van der Waals surface area (Å²) in [6.45, 7) is 2.12. The summed E-state index contributed by atoms with van der Waals surface area (Å²) in [6.07, 6.45) is 5.94. The molecule has 4 heteroatoms. The first kappa shape index (κ1) is 15.3. The van der Waals surface area contributed by atoms with E-state index in [2.05, 4.69) is 29.1 Å². The zero-order chi connectivity index (χ0) is 11.7. The van der Waals surface area contributed by atoms with Crippen LogP contribution in [0.3, 0.4) is 0 Å². The molecule has 0 aromatic rings. The number of hydrogen-bond acceptors (Lipinski definition) is 2. The number of alkyl halides is 1. The molecule has 0 spiro atoms. The quantitative estimate of drug-likeness (QED) is 0.506. The molecule has 0 rings (SSSR count). The first-order valence-electron chi connectivity index (χ1n) is 5.44. The molecule has 90 valence electrons. The predicted octanol–water partition coefficient (Wildman–Crippen LogP) is 3.15. The van der Waals surface area contributed by atoms with Crippen LogP contribution in [0.1, 0.15) is 32.6 Å². The maximum atomic E-state index is 11.7. The third-order valence-electron chi connectivity index (χ3n) is 2.57. The molecule has 0 saturated heterocycles. The topological polar surface area (TPSA) is 20.3 Å². The van der Waals surface area contributed by atoms with Gasteiger partial charge in [-0.2, -0.15) is 11.8 Å². The monoisotopic (exact) mass is 295 g/mol. The standard InChI is InChI=1S/C11H22BrNOS/c1-10(7-9-15-3)13(2)11(14)6-4-5-8-12/h10H,4-9H2,1-3H3. The molecular weight excluding hydrogens is 274 g/mol. The van der Waals surface area contributed by atoms with Crippen LogP contribution in [-0.2, 0) is 4.79 Å². The third-order valence-corrected chi connectivity index (χ3v) is 3.77. The smallest absolute Gasteiger partial charge is 0.222 e. The van der Waals surface area contributed by atoms with Gasteiger partial charge in [0.05, 0.1) is 0 Å². The number of carbonyl (C=O) groups is 1. The van der Waals surface area contributed by atoms with Gasteiger partial charge >= 0.3 is 0 Å². The first-order valence-corrected chi connectivity index (χ1v) is 7.95. The molecule has 1 atom stereocenters. The van der Waals surface area contributed by atoms with Crippen LogP contribution in [0.15, 0.2) is 0 Å². The average molecular weight is 296 g/mol. The van der Waals surface area contributed by atoms with E-state index in [0.29, 0.717) is 12.5 Å². The molecule has 2 nitrogen and oxygen atoms in total. The predicted molar refractivity (Wildman–Crippen MR) is 72.9 cm³/mol. The summed E-state index contributed by atoms with van der Waals surface area (Å²) in [7, 11) is 1.92. The Kier molecular flexibility index (Phi) is 9.71. The fourth-order valence-electron chi connectivity index (χ4n) is 1.27. The van der Waals surface area contributed by atoms with Crippen molar-refractivity contribution in [3.63, 3.8) is 0 Å². The molecule has 0 fully saturated rings. The third kappa shape index (κ3) is 7.23. The van der Waals surface area contributed by atoms with Crippen LogP contribution in [0, 0.1) is 0 Å². The number of hydrogen-bond donors (Lipinski definition) is 0. The fraction of sp³-hybridized carbons (Fsp3) is 0.909. The number of amides is 1. The van der Waals surface area contributed by atoms with Crippen LogP contribution >= 0.6 is 27.7 Å². The van der Waals surface area contributed by atoms with Gasteiger partial charge in [-0.1, -0.05) is 15.9 Å². The van der Waals surface area contributed by atoms with Crippen LogP contribution in [0.4, 0.5) is 0 Å². The van der Waals surface area contributed by atoms with Crippen molar-refractivity contribution in [2.24, 2.45) is 0 Å². The summed E-state index contributed by atoms with van der Waals surface area (Å²) in [5.41, 5.74) is 0. The van der Waals surface area contributed by atoms with Gasteiger partial charge in [0, 0.05) is 24.8 Å². The van der Waals surface area contributed by atoms with Gasteiger partial charge in [0.15, 0.2) is 0 Å². The number of carbonyl (C=O) groups excluding carboxylic acids is 1. The molecule has 0 saturated carbocycles. The van der Waals surface area contributed by atoms with Crippen LogP contribution in [0.5, 0.6) is 0 Å². The molecule has 15 heavy (non-hydrogen) atoms. The van der Waals surface area contributed by atoms with Gasteiger partial charge in [-0.25, -0.2) is 0 Å². The highest BCUT2D eigenvalue weighted by atomic mass is 79.9. The SMILES string of the molecule is CSCCC(C)N(C)C(=O)CCCCBr. The molecule has 1 unspecified atom stereocenters. The van der Waals surface area contributed by atoms with Crippen molar-refractivity contribution in [3.8, 4) is 0 Å². The summed E-state index contributed by atoms with van der Waals surface area (Å²) in [5, 5.41) is 0.992. The Bertz CT molecular complexity index is 178. The van der Waals surface area contributed by atoms with Gasteiger partial charge in [0.2, 0.25) is 5.91 Å². The maximum absolute atomic E-state index is 11.7. The summed E-state index contributed by atoms with van der Waals surface area (Å²) in [4.78, 5) is 13.6. The van der Waals surface area contributed by atoms with Crippen molar-refractivity contribution in [1.29, 1.82) is 0 Å². The lowest BCUT2D eigenvalue weighted by Crippen LogP contribution is -2.35. The molecule has 0 aliphatic rings. The normalized spacial score (nSPS) is 12.5. The largest absolute Gasteiger partial charge is 0.343 e. The molecule has 0 aliphatic heterocycles. The molecule has 1 amide bonds. The molecule has 0 aromatic carbocycles. The maximum Gasteiger partial charge on any atom is 0.222 e. The molecular formula is C11H22BrNOS. The van der Waals surface area contributed by atoms with Crippen LogP contribution in [0.2, 0.25) is 0 Å². The van der Waals surface area contributed by atoms with Crippen molar-refractivity contribution < 1.29 is 4.79 Å². The zero-order valence-corrected chi connectivity index (χ0v) is 12.4. The van der Waals surface area contributed by atoms with Gasteiger partial charge in [-0.05, 0) is 38.2 Å². The second kappa shape index (κ2) is 9.52. The second-order valence-electron chi connectivity index (χ2n) is 3.78. The van der Waals surface area contributed by atoms with Crippen molar-refractivity contribution >= 4 is 33.6 Å².